The lowest BCUT2D eigenvalue weighted by molar-refractivity contribution is 0.414. The minimum absolute atomic E-state index is 0.324. The lowest BCUT2D eigenvalue weighted by atomic mass is 10.1. The molecule has 19 heavy (non-hydrogen) atoms. The molecule has 0 atom stereocenters. The van der Waals surface area contributed by atoms with Crippen molar-refractivity contribution in [2.45, 2.75) is 6.92 Å². The van der Waals surface area contributed by atoms with Crippen molar-refractivity contribution < 1.29 is 9.26 Å². The van der Waals surface area contributed by atoms with E-state index in [4.69, 9.17) is 20.9 Å². The van der Waals surface area contributed by atoms with E-state index in [1.165, 1.54) is 0 Å². The van der Waals surface area contributed by atoms with Gasteiger partial charge in [-0.2, -0.15) is 4.98 Å². The number of benzene rings is 1. The van der Waals surface area contributed by atoms with E-state index in [0.29, 0.717) is 33.5 Å². The van der Waals surface area contributed by atoms with Crippen molar-refractivity contribution in [1.29, 1.82) is 0 Å². The van der Waals surface area contributed by atoms with Crippen molar-refractivity contribution in [2.75, 3.05) is 7.11 Å². The second-order valence-electron chi connectivity index (χ2n) is 3.97. The molecule has 0 aliphatic rings. The third kappa shape index (κ3) is 1.92. The molecule has 0 bridgehead atoms. The second kappa shape index (κ2) is 4.51. The summed E-state index contributed by atoms with van der Waals surface area (Å²) in [6, 6.07) is 7.50. The van der Waals surface area contributed by atoms with Gasteiger partial charge in [-0.05, 0) is 19.1 Å². The maximum atomic E-state index is 6.16. The fourth-order valence-corrected chi connectivity index (χ4v) is 2.23. The zero-order valence-electron chi connectivity index (χ0n) is 10.3. The van der Waals surface area contributed by atoms with Crippen LogP contribution in [0.4, 0.5) is 0 Å². The number of ether oxygens (including phenoxy) is 1. The molecule has 0 aliphatic carbocycles. The van der Waals surface area contributed by atoms with Crippen LogP contribution in [0.2, 0.25) is 5.15 Å². The van der Waals surface area contributed by atoms with Gasteiger partial charge in [0.1, 0.15) is 27.8 Å². The summed E-state index contributed by atoms with van der Waals surface area (Å²) < 4.78 is 10.5. The van der Waals surface area contributed by atoms with Gasteiger partial charge in [0.25, 0.3) is 5.71 Å². The molecule has 0 fully saturated rings. The molecule has 3 rings (SSSR count). The number of aromatic nitrogens is 3. The Morgan fingerprint density at radius 3 is 2.79 bits per heavy atom. The first-order valence-electron chi connectivity index (χ1n) is 5.63. The van der Waals surface area contributed by atoms with E-state index in [0.717, 1.165) is 5.56 Å². The van der Waals surface area contributed by atoms with Crippen molar-refractivity contribution in [3.05, 3.63) is 35.2 Å². The van der Waals surface area contributed by atoms with Crippen LogP contribution in [0.5, 0.6) is 5.75 Å². The predicted octanol–water partition coefficient (Wildman–Crippen LogP) is 3.26. The summed E-state index contributed by atoms with van der Waals surface area (Å²) in [5.41, 5.74) is 1.74. The first kappa shape index (κ1) is 11.9. The number of hydrogen-bond acceptors (Lipinski definition) is 5. The van der Waals surface area contributed by atoms with Crippen LogP contribution in [0.25, 0.3) is 22.4 Å². The van der Waals surface area contributed by atoms with Crippen LogP contribution in [0.3, 0.4) is 0 Å². The van der Waals surface area contributed by atoms with Gasteiger partial charge < -0.3 is 9.26 Å². The van der Waals surface area contributed by atoms with Gasteiger partial charge in [-0.3, -0.25) is 0 Å². The van der Waals surface area contributed by atoms with Crippen LogP contribution >= 0.6 is 11.6 Å². The second-order valence-corrected chi connectivity index (χ2v) is 4.33. The van der Waals surface area contributed by atoms with Gasteiger partial charge in [-0.15, -0.1) is 0 Å². The highest BCUT2D eigenvalue weighted by atomic mass is 35.5. The fourth-order valence-electron chi connectivity index (χ4n) is 1.94. The molecule has 6 heteroatoms. The average molecular weight is 276 g/mol. The van der Waals surface area contributed by atoms with Gasteiger partial charge in [0.15, 0.2) is 0 Å². The molecular weight excluding hydrogens is 266 g/mol. The van der Waals surface area contributed by atoms with Crippen molar-refractivity contribution in [3.8, 4) is 17.0 Å². The van der Waals surface area contributed by atoms with Gasteiger partial charge in [-0.25, -0.2) is 4.98 Å². The highest BCUT2D eigenvalue weighted by molar-refractivity contribution is 6.34. The zero-order valence-corrected chi connectivity index (χ0v) is 11.1. The normalized spacial score (nSPS) is 10.9. The minimum Gasteiger partial charge on any atom is -0.496 e. The van der Waals surface area contributed by atoms with Gasteiger partial charge >= 0.3 is 0 Å². The van der Waals surface area contributed by atoms with E-state index >= 15 is 0 Å². The Bertz CT molecular complexity index is 755. The molecule has 2 heterocycles. The van der Waals surface area contributed by atoms with E-state index in [1.54, 1.807) is 14.0 Å². The molecule has 0 aliphatic heterocycles. The largest absolute Gasteiger partial charge is 0.496 e. The van der Waals surface area contributed by atoms with Crippen LogP contribution in [0.1, 0.15) is 5.82 Å². The van der Waals surface area contributed by atoms with E-state index in [1.807, 2.05) is 24.3 Å². The SMILES string of the molecule is COc1ccccc1-c1noc2nc(C)nc(Cl)c12. The summed E-state index contributed by atoms with van der Waals surface area (Å²) in [6.45, 7) is 1.75. The molecular formula is C13H10ClN3O2. The third-order valence-electron chi connectivity index (χ3n) is 2.77. The monoisotopic (exact) mass is 275 g/mol. The summed E-state index contributed by atoms with van der Waals surface area (Å²) in [4.78, 5) is 8.30. The van der Waals surface area contributed by atoms with Crippen molar-refractivity contribution in [2.24, 2.45) is 0 Å². The first-order valence-corrected chi connectivity index (χ1v) is 6.01. The van der Waals surface area contributed by atoms with Crippen LogP contribution in [-0.4, -0.2) is 22.2 Å². The molecule has 0 saturated heterocycles. The molecule has 2 aromatic heterocycles. The molecule has 0 radical (unpaired) electrons. The number of para-hydroxylation sites is 1. The fraction of sp³-hybridized carbons (Fsp3) is 0.154. The van der Waals surface area contributed by atoms with Gasteiger partial charge in [0.2, 0.25) is 0 Å². The zero-order chi connectivity index (χ0) is 13.4. The Morgan fingerprint density at radius 2 is 2.00 bits per heavy atom. The third-order valence-corrected chi connectivity index (χ3v) is 3.04. The average Bonchev–Trinajstić information content (AvgIpc) is 2.82. The summed E-state index contributed by atoms with van der Waals surface area (Å²) >= 11 is 6.16. The molecule has 0 N–H and O–H groups in total. The number of halogens is 1. The molecule has 0 amide bonds. The summed E-state index contributed by atoms with van der Waals surface area (Å²) in [6.07, 6.45) is 0. The van der Waals surface area contributed by atoms with Crippen LogP contribution in [0, 0.1) is 6.92 Å². The maximum absolute atomic E-state index is 6.16. The highest BCUT2D eigenvalue weighted by Gasteiger charge is 2.19. The number of hydrogen-bond donors (Lipinski definition) is 0. The Kier molecular flexibility index (Phi) is 2.83. The molecule has 3 aromatic rings. The van der Waals surface area contributed by atoms with E-state index < -0.39 is 0 Å². The molecule has 5 nitrogen and oxygen atoms in total. The molecule has 0 saturated carbocycles. The van der Waals surface area contributed by atoms with Gasteiger partial charge in [-0.1, -0.05) is 28.9 Å². The molecule has 0 spiro atoms. The van der Waals surface area contributed by atoms with Crippen molar-refractivity contribution in [3.63, 3.8) is 0 Å². The quantitative estimate of drug-likeness (QED) is 0.672. The lowest BCUT2D eigenvalue weighted by Crippen LogP contribution is -1.90. The minimum atomic E-state index is 0.324. The standard InChI is InChI=1S/C13H10ClN3O2/c1-7-15-12(14)10-11(17-19-13(10)16-7)8-5-3-4-6-9(8)18-2/h3-6H,1-2H3. The van der Waals surface area contributed by atoms with Gasteiger partial charge in [0, 0.05) is 5.56 Å². The van der Waals surface area contributed by atoms with Crippen LogP contribution in [-0.2, 0) is 0 Å². The lowest BCUT2D eigenvalue weighted by Gasteiger charge is -2.05. The first-order chi connectivity index (χ1) is 9.20. The van der Waals surface area contributed by atoms with Crippen LogP contribution in [0.15, 0.2) is 28.8 Å². The highest BCUT2D eigenvalue weighted by Crippen LogP contribution is 2.36. The molecule has 96 valence electrons. The van der Waals surface area contributed by atoms with Crippen LogP contribution < -0.4 is 4.74 Å². The Hall–Kier alpha value is -2.14. The Balaban J connectivity index is 2.32. The maximum Gasteiger partial charge on any atom is 0.263 e. The Morgan fingerprint density at radius 1 is 1.21 bits per heavy atom. The predicted molar refractivity (Wildman–Crippen MR) is 71.3 cm³/mol. The van der Waals surface area contributed by atoms with E-state index in [2.05, 4.69) is 15.1 Å². The molecule has 0 unspecified atom stereocenters. The van der Waals surface area contributed by atoms with E-state index in [9.17, 15) is 0 Å². The van der Waals surface area contributed by atoms with Gasteiger partial charge in [0.05, 0.1) is 7.11 Å². The number of methoxy groups -OCH3 is 1. The number of fused-ring (bicyclic) bond motifs is 1. The van der Waals surface area contributed by atoms with Crippen molar-refractivity contribution in [1.82, 2.24) is 15.1 Å². The van der Waals surface area contributed by atoms with Crippen molar-refractivity contribution >= 4 is 22.7 Å². The number of nitrogens with zero attached hydrogens (tertiary/aromatic N) is 3. The number of aryl methyl sites for hydroxylation is 1. The number of rotatable bonds is 2. The summed E-state index contributed by atoms with van der Waals surface area (Å²) in [5, 5.41) is 4.95. The van der Waals surface area contributed by atoms with E-state index in [-0.39, 0.29) is 0 Å². The Labute approximate surface area is 114 Å². The topological polar surface area (TPSA) is 61.0 Å². The summed E-state index contributed by atoms with van der Waals surface area (Å²) in [5.74, 6) is 1.23. The molecule has 1 aromatic carbocycles. The smallest absolute Gasteiger partial charge is 0.263 e. The summed E-state index contributed by atoms with van der Waals surface area (Å²) in [7, 11) is 1.60.